The van der Waals surface area contributed by atoms with Gasteiger partial charge in [-0.3, -0.25) is 0 Å². The standard InChI is InChI=1S/C7H6BrF3N4/c1-3(7(9,10)11)15-5(8)4(2-12)6(13)14-15/h3H,1H3,(H2,13,14)/t3-/m1/s1. The van der Waals surface area contributed by atoms with Crippen LogP contribution < -0.4 is 5.73 Å². The van der Waals surface area contributed by atoms with E-state index in [1.807, 2.05) is 0 Å². The lowest BCUT2D eigenvalue weighted by Gasteiger charge is -2.16. The second kappa shape index (κ2) is 3.73. The van der Waals surface area contributed by atoms with Crippen LogP contribution in [0.2, 0.25) is 0 Å². The molecule has 0 aromatic carbocycles. The van der Waals surface area contributed by atoms with Crippen molar-refractivity contribution in [1.29, 1.82) is 5.26 Å². The molecule has 0 spiro atoms. The summed E-state index contributed by atoms with van der Waals surface area (Å²) >= 11 is 2.85. The fourth-order valence-electron chi connectivity index (χ4n) is 0.929. The summed E-state index contributed by atoms with van der Waals surface area (Å²) in [6.07, 6.45) is -4.44. The molecular weight excluding hydrogens is 277 g/mol. The number of nitrogens with two attached hydrogens (primary N) is 1. The van der Waals surface area contributed by atoms with Crippen LogP contribution in [-0.2, 0) is 0 Å². The van der Waals surface area contributed by atoms with Gasteiger partial charge in [0.15, 0.2) is 5.82 Å². The van der Waals surface area contributed by atoms with Gasteiger partial charge in [-0.1, -0.05) is 0 Å². The van der Waals surface area contributed by atoms with Crippen LogP contribution in [-0.4, -0.2) is 16.0 Å². The number of alkyl halides is 3. The summed E-state index contributed by atoms with van der Waals surface area (Å²) in [6, 6.07) is -0.169. The summed E-state index contributed by atoms with van der Waals surface area (Å²) in [5, 5.41) is 12.1. The van der Waals surface area contributed by atoms with Crippen molar-refractivity contribution in [2.75, 3.05) is 5.73 Å². The van der Waals surface area contributed by atoms with Crippen molar-refractivity contribution >= 4 is 21.7 Å². The summed E-state index contributed by atoms with van der Waals surface area (Å²) < 4.78 is 37.6. The van der Waals surface area contributed by atoms with E-state index in [-0.39, 0.29) is 16.0 Å². The lowest BCUT2D eigenvalue weighted by molar-refractivity contribution is -0.165. The Morgan fingerprint density at radius 3 is 2.47 bits per heavy atom. The molecule has 0 saturated carbocycles. The Labute approximate surface area is 91.6 Å². The minimum absolute atomic E-state index is 0.0627. The normalized spacial score (nSPS) is 13.6. The van der Waals surface area contributed by atoms with Gasteiger partial charge in [0, 0.05) is 0 Å². The van der Waals surface area contributed by atoms with Crippen molar-refractivity contribution in [3.63, 3.8) is 0 Å². The van der Waals surface area contributed by atoms with E-state index >= 15 is 0 Å². The van der Waals surface area contributed by atoms with E-state index in [2.05, 4.69) is 21.0 Å². The molecule has 0 amide bonds. The second-order valence-corrected chi connectivity index (χ2v) is 3.58. The van der Waals surface area contributed by atoms with Crippen molar-refractivity contribution in [2.24, 2.45) is 0 Å². The Bertz CT molecular complexity index is 417. The number of nitriles is 1. The molecule has 0 radical (unpaired) electrons. The molecule has 0 unspecified atom stereocenters. The van der Waals surface area contributed by atoms with Gasteiger partial charge in [0.25, 0.3) is 0 Å². The van der Waals surface area contributed by atoms with E-state index in [0.29, 0.717) is 4.68 Å². The van der Waals surface area contributed by atoms with Crippen LogP contribution in [0, 0.1) is 11.3 Å². The molecule has 4 nitrogen and oxygen atoms in total. The average molecular weight is 283 g/mol. The van der Waals surface area contributed by atoms with Crippen LogP contribution in [0.5, 0.6) is 0 Å². The van der Waals surface area contributed by atoms with E-state index in [4.69, 9.17) is 11.0 Å². The maximum absolute atomic E-state index is 12.4. The van der Waals surface area contributed by atoms with Gasteiger partial charge in [-0.25, -0.2) is 4.68 Å². The van der Waals surface area contributed by atoms with Crippen LogP contribution in [0.1, 0.15) is 18.5 Å². The number of hydrogen-bond acceptors (Lipinski definition) is 3. The molecule has 8 heteroatoms. The fraction of sp³-hybridized carbons (Fsp3) is 0.429. The molecule has 0 saturated heterocycles. The smallest absolute Gasteiger partial charge is 0.381 e. The third-order valence-electron chi connectivity index (χ3n) is 1.83. The number of hydrogen-bond donors (Lipinski definition) is 1. The van der Waals surface area contributed by atoms with Crippen LogP contribution >= 0.6 is 15.9 Å². The van der Waals surface area contributed by atoms with Crippen molar-refractivity contribution in [3.8, 4) is 6.07 Å². The van der Waals surface area contributed by atoms with Crippen molar-refractivity contribution in [3.05, 3.63) is 10.2 Å². The first-order chi connectivity index (χ1) is 6.79. The summed E-state index contributed by atoms with van der Waals surface area (Å²) in [4.78, 5) is 0. The van der Waals surface area contributed by atoms with E-state index in [1.54, 1.807) is 6.07 Å². The average Bonchev–Trinajstić information content (AvgIpc) is 2.39. The van der Waals surface area contributed by atoms with Crippen LogP contribution in [0.4, 0.5) is 19.0 Å². The van der Waals surface area contributed by atoms with Crippen LogP contribution in [0.15, 0.2) is 4.60 Å². The molecule has 0 aliphatic heterocycles. The second-order valence-electron chi connectivity index (χ2n) is 2.83. The van der Waals surface area contributed by atoms with E-state index in [9.17, 15) is 13.2 Å². The van der Waals surface area contributed by atoms with Crippen LogP contribution in [0.25, 0.3) is 0 Å². The molecular formula is C7H6BrF3N4. The SMILES string of the molecule is C[C@@H](n1nc(N)c(C#N)c1Br)C(F)(F)F. The first-order valence-electron chi connectivity index (χ1n) is 3.79. The monoisotopic (exact) mass is 282 g/mol. The number of aromatic nitrogens is 2. The minimum Gasteiger partial charge on any atom is -0.381 e. The highest BCUT2D eigenvalue weighted by Crippen LogP contribution is 2.34. The molecule has 0 aliphatic rings. The maximum atomic E-state index is 12.4. The first-order valence-corrected chi connectivity index (χ1v) is 4.58. The molecule has 1 aromatic rings. The molecule has 82 valence electrons. The van der Waals surface area contributed by atoms with Crippen molar-refractivity contribution < 1.29 is 13.2 Å². The molecule has 15 heavy (non-hydrogen) atoms. The Morgan fingerprint density at radius 2 is 2.13 bits per heavy atom. The predicted octanol–water partition coefficient (Wildman–Crippen LogP) is 2.22. The van der Waals surface area contributed by atoms with E-state index < -0.39 is 12.2 Å². The third-order valence-corrected chi connectivity index (χ3v) is 2.59. The lowest BCUT2D eigenvalue weighted by atomic mass is 10.3. The number of nitrogen functional groups attached to an aromatic ring is 1. The van der Waals surface area contributed by atoms with Crippen molar-refractivity contribution in [1.82, 2.24) is 9.78 Å². The summed E-state index contributed by atoms with van der Waals surface area (Å²) in [7, 11) is 0. The minimum atomic E-state index is -4.44. The van der Waals surface area contributed by atoms with Gasteiger partial charge in [-0.2, -0.15) is 23.5 Å². The molecule has 0 aliphatic carbocycles. The molecule has 1 heterocycles. The zero-order valence-corrected chi connectivity index (χ0v) is 9.09. The predicted molar refractivity (Wildman–Crippen MR) is 49.8 cm³/mol. The Hall–Kier alpha value is -1.23. The highest BCUT2D eigenvalue weighted by atomic mass is 79.9. The highest BCUT2D eigenvalue weighted by Gasteiger charge is 2.39. The topological polar surface area (TPSA) is 67.6 Å². The summed E-state index contributed by atoms with van der Waals surface area (Å²) in [5.41, 5.74) is 5.19. The molecule has 1 aromatic heterocycles. The maximum Gasteiger partial charge on any atom is 0.410 e. The van der Waals surface area contributed by atoms with Gasteiger partial charge in [0.05, 0.1) is 0 Å². The van der Waals surface area contributed by atoms with Gasteiger partial charge >= 0.3 is 6.18 Å². The van der Waals surface area contributed by atoms with Gasteiger partial charge < -0.3 is 5.73 Å². The van der Waals surface area contributed by atoms with E-state index in [0.717, 1.165) is 6.92 Å². The van der Waals surface area contributed by atoms with E-state index in [1.165, 1.54) is 0 Å². The summed E-state index contributed by atoms with van der Waals surface area (Å²) in [5.74, 6) is -0.222. The molecule has 2 N–H and O–H groups in total. The van der Waals surface area contributed by atoms with Gasteiger partial charge in [-0.05, 0) is 22.9 Å². The number of halogens is 4. The highest BCUT2D eigenvalue weighted by molar-refractivity contribution is 9.10. The van der Waals surface area contributed by atoms with Crippen LogP contribution in [0.3, 0.4) is 0 Å². The zero-order chi connectivity index (χ0) is 11.8. The first kappa shape index (κ1) is 11.8. The lowest BCUT2D eigenvalue weighted by Crippen LogP contribution is -2.24. The molecule has 0 fully saturated rings. The third kappa shape index (κ3) is 2.07. The largest absolute Gasteiger partial charge is 0.410 e. The Morgan fingerprint density at radius 1 is 1.60 bits per heavy atom. The quantitative estimate of drug-likeness (QED) is 0.859. The van der Waals surface area contributed by atoms with Crippen molar-refractivity contribution in [2.45, 2.75) is 19.1 Å². The Kier molecular flexibility index (Phi) is 2.95. The number of anilines is 1. The molecule has 0 bridgehead atoms. The van der Waals surface area contributed by atoms with Gasteiger partial charge in [-0.15, -0.1) is 0 Å². The fourth-order valence-corrected chi connectivity index (χ4v) is 1.61. The van der Waals surface area contributed by atoms with Gasteiger partial charge in [0.2, 0.25) is 0 Å². The van der Waals surface area contributed by atoms with Gasteiger partial charge in [0.1, 0.15) is 22.3 Å². The Balaban J connectivity index is 3.24. The molecule has 1 rings (SSSR count). The number of nitrogens with zero attached hydrogens (tertiary/aromatic N) is 3. The molecule has 1 atom stereocenters. The number of rotatable bonds is 1. The zero-order valence-electron chi connectivity index (χ0n) is 7.51. The summed E-state index contributed by atoms with van der Waals surface area (Å²) in [6.45, 7) is 0.929.